The van der Waals surface area contributed by atoms with Gasteiger partial charge < -0.3 is 4.52 Å². The van der Waals surface area contributed by atoms with E-state index in [0.717, 1.165) is 12.2 Å². The number of rotatable bonds is 6. The Morgan fingerprint density at radius 1 is 1.38 bits per heavy atom. The highest BCUT2D eigenvalue weighted by atomic mass is 16.5. The number of nitrogens with zero attached hydrogens (tertiary/aromatic N) is 1. The van der Waals surface area contributed by atoms with Gasteiger partial charge in [0, 0.05) is 17.9 Å². The Morgan fingerprint density at radius 3 is 2.69 bits per heavy atom. The lowest BCUT2D eigenvalue weighted by Crippen LogP contribution is -2.14. The van der Waals surface area contributed by atoms with Crippen LogP contribution in [-0.4, -0.2) is 5.16 Å². The van der Waals surface area contributed by atoms with Crippen molar-refractivity contribution in [1.82, 2.24) is 5.16 Å². The fourth-order valence-electron chi connectivity index (χ4n) is 2.48. The molecule has 0 radical (unpaired) electrons. The van der Waals surface area contributed by atoms with Gasteiger partial charge in [-0.2, -0.15) is 0 Å². The van der Waals surface area contributed by atoms with Crippen molar-refractivity contribution in [3.63, 3.8) is 0 Å². The molecular weight excluding hydrogens is 198 g/mol. The van der Waals surface area contributed by atoms with Crippen molar-refractivity contribution in [2.24, 2.45) is 5.92 Å². The van der Waals surface area contributed by atoms with Crippen LogP contribution >= 0.6 is 0 Å². The van der Waals surface area contributed by atoms with Gasteiger partial charge in [0.05, 0.1) is 5.69 Å². The van der Waals surface area contributed by atoms with E-state index >= 15 is 0 Å². The first-order chi connectivity index (χ1) is 7.69. The zero-order valence-electron chi connectivity index (χ0n) is 10.8. The Labute approximate surface area is 98.4 Å². The van der Waals surface area contributed by atoms with E-state index in [0.29, 0.717) is 11.3 Å². The van der Waals surface area contributed by atoms with E-state index in [9.17, 15) is 0 Å². The van der Waals surface area contributed by atoms with Crippen molar-refractivity contribution in [3.8, 4) is 0 Å². The van der Waals surface area contributed by atoms with Gasteiger partial charge in [-0.1, -0.05) is 38.8 Å². The molecule has 0 bridgehead atoms. The molecule has 0 amide bonds. The predicted octanol–water partition coefficient (Wildman–Crippen LogP) is 4.09. The molecule has 0 aromatic carbocycles. The van der Waals surface area contributed by atoms with Gasteiger partial charge in [-0.05, 0) is 25.2 Å². The molecule has 2 heteroatoms. The number of aryl methyl sites for hydroxylation is 1. The number of hydrogen-bond acceptors (Lipinski definition) is 2. The molecule has 16 heavy (non-hydrogen) atoms. The van der Waals surface area contributed by atoms with Gasteiger partial charge in [0.25, 0.3) is 0 Å². The molecule has 90 valence electrons. The zero-order valence-corrected chi connectivity index (χ0v) is 10.8. The Balaban J connectivity index is 1.97. The highest BCUT2D eigenvalue weighted by Crippen LogP contribution is 2.53. The summed E-state index contributed by atoms with van der Waals surface area (Å²) < 4.78 is 5.44. The van der Waals surface area contributed by atoms with Crippen LogP contribution in [0.3, 0.4) is 0 Å². The highest BCUT2D eigenvalue weighted by Gasteiger charge is 2.49. The average molecular weight is 221 g/mol. The Kier molecular flexibility index (Phi) is 3.36. The zero-order chi connectivity index (χ0) is 11.6. The van der Waals surface area contributed by atoms with E-state index < -0.39 is 0 Å². The van der Waals surface area contributed by atoms with Crippen LogP contribution in [0.1, 0.15) is 64.3 Å². The summed E-state index contributed by atoms with van der Waals surface area (Å²) in [7, 11) is 0. The standard InChI is InChI=1S/C14H23NO/c1-4-5-6-7-12-10-13(15-16-12)14(8-9-14)11(2)3/h10-11H,4-9H2,1-3H3. The minimum absolute atomic E-state index is 0.354. The minimum Gasteiger partial charge on any atom is -0.361 e. The molecule has 2 rings (SSSR count). The van der Waals surface area contributed by atoms with Gasteiger partial charge in [0.15, 0.2) is 0 Å². The maximum Gasteiger partial charge on any atom is 0.137 e. The molecular formula is C14H23NO. The molecule has 1 saturated carbocycles. The molecule has 1 aliphatic rings. The lowest BCUT2D eigenvalue weighted by molar-refractivity contribution is 0.355. The topological polar surface area (TPSA) is 26.0 Å². The van der Waals surface area contributed by atoms with E-state index in [1.807, 2.05) is 0 Å². The van der Waals surface area contributed by atoms with Gasteiger partial charge in [-0.15, -0.1) is 0 Å². The molecule has 1 aliphatic carbocycles. The fourth-order valence-corrected chi connectivity index (χ4v) is 2.48. The third-order valence-corrected chi connectivity index (χ3v) is 3.99. The van der Waals surface area contributed by atoms with Crippen LogP contribution in [0.5, 0.6) is 0 Å². The van der Waals surface area contributed by atoms with Crippen LogP contribution in [-0.2, 0) is 11.8 Å². The molecule has 1 heterocycles. The second-order valence-electron chi connectivity index (χ2n) is 5.45. The molecule has 1 aromatic heterocycles. The summed E-state index contributed by atoms with van der Waals surface area (Å²) in [6, 6.07) is 2.20. The van der Waals surface area contributed by atoms with Crippen molar-refractivity contribution in [3.05, 3.63) is 17.5 Å². The van der Waals surface area contributed by atoms with E-state index in [2.05, 4.69) is 32.0 Å². The van der Waals surface area contributed by atoms with E-state index in [1.54, 1.807) is 0 Å². The molecule has 1 aromatic rings. The maximum absolute atomic E-state index is 5.44. The number of hydrogen-bond donors (Lipinski definition) is 0. The van der Waals surface area contributed by atoms with Crippen LogP contribution in [0.25, 0.3) is 0 Å². The van der Waals surface area contributed by atoms with E-state index in [1.165, 1.54) is 37.8 Å². The summed E-state index contributed by atoms with van der Waals surface area (Å²) in [6.45, 7) is 6.81. The normalized spacial score (nSPS) is 18.0. The highest BCUT2D eigenvalue weighted by molar-refractivity contribution is 5.25. The van der Waals surface area contributed by atoms with Gasteiger partial charge in [0.1, 0.15) is 5.76 Å². The lowest BCUT2D eigenvalue weighted by Gasteiger charge is -2.15. The smallest absolute Gasteiger partial charge is 0.137 e. The van der Waals surface area contributed by atoms with Crippen molar-refractivity contribution in [1.29, 1.82) is 0 Å². The Bertz CT molecular complexity index is 336. The molecule has 0 atom stereocenters. The van der Waals surface area contributed by atoms with Crippen LogP contribution in [0.2, 0.25) is 0 Å². The Hall–Kier alpha value is -0.790. The molecule has 0 N–H and O–H groups in total. The minimum atomic E-state index is 0.354. The molecule has 0 saturated heterocycles. The van der Waals surface area contributed by atoms with Gasteiger partial charge in [-0.25, -0.2) is 0 Å². The van der Waals surface area contributed by atoms with Crippen LogP contribution < -0.4 is 0 Å². The summed E-state index contributed by atoms with van der Waals surface area (Å²) >= 11 is 0. The number of unbranched alkanes of at least 4 members (excludes halogenated alkanes) is 2. The largest absolute Gasteiger partial charge is 0.361 e. The maximum atomic E-state index is 5.44. The van der Waals surface area contributed by atoms with Crippen LogP contribution in [0.4, 0.5) is 0 Å². The summed E-state index contributed by atoms with van der Waals surface area (Å²) in [6.07, 6.45) is 7.38. The van der Waals surface area contributed by atoms with Gasteiger partial charge in [0.2, 0.25) is 0 Å². The first-order valence-electron chi connectivity index (χ1n) is 6.65. The molecule has 0 spiro atoms. The van der Waals surface area contributed by atoms with Crippen molar-refractivity contribution in [2.45, 2.75) is 64.7 Å². The lowest BCUT2D eigenvalue weighted by atomic mass is 9.89. The van der Waals surface area contributed by atoms with E-state index in [4.69, 9.17) is 4.52 Å². The molecule has 0 aliphatic heterocycles. The van der Waals surface area contributed by atoms with Gasteiger partial charge in [-0.3, -0.25) is 0 Å². The second-order valence-corrected chi connectivity index (χ2v) is 5.45. The third kappa shape index (κ3) is 2.16. The predicted molar refractivity (Wildman–Crippen MR) is 65.5 cm³/mol. The monoisotopic (exact) mass is 221 g/mol. The third-order valence-electron chi connectivity index (χ3n) is 3.99. The van der Waals surface area contributed by atoms with Crippen molar-refractivity contribution < 1.29 is 4.52 Å². The SMILES string of the molecule is CCCCCc1cc(C2(C(C)C)CC2)no1. The first kappa shape index (κ1) is 11.7. The Morgan fingerprint density at radius 2 is 2.12 bits per heavy atom. The van der Waals surface area contributed by atoms with Crippen molar-refractivity contribution >= 4 is 0 Å². The molecule has 2 nitrogen and oxygen atoms in total. The summed E-state index contributed by atoms with van der Waals surface area (Å²) in [5.41, 5.74) is 1.56. The molecule has 0 unspecified atom stereocenters. The summed E-state index contributed by atoms with van der Waals surface area (Å²) in [5.74, 6) is 1.76. The van der Waals surface area contributed by atoms with Crippen LogP contribution in [0, 0.1) is 5.92 Å². The van der Waals surface area contributed by atoms with Gasteiger partial charge >= 0.3 is 0 Å². The van der Waals surface area contributed by atoms with Crippen molar-refractivity contribution in [2.75, 3.05) is 0 Å². The fraction of sp³-hybridized carbons (Fsp3) is 0.786. The van der Waals surface area contributed by atoms with E-state index in [-0.39, 0.29) is 0 Å². The quantitative estimate of drug-likeness (QED) is 0.676. The average Bonchev–Trinajstić information content (AvgIpc) is 2.95. The summed E-state index contributed by atoms with van der Waals surface area (Å²) in [5, 5.41) is 4.28. The number of aromatic nitrogens is 1. The second kappa shape index (κ2) is 4.60. The van der Waals surface area contributed by atoms with Crippen LogP contribution in [0.15, 0.2) is 10.6 Å². The first-order valence-corrected chi connectivity index (χ1v) is 6.65. The molecule has 1 fully saturated rings. The summed E-state index contributed by atoms with van der Waals surface area (Å²) in [4.78, 5) is 0.